The zero-order chi connectivity index (χ0) is 20.1. The molecule has 2 aromatic heterocycles. The third-order valence-electron chi connectivity index (χ3n) is 4.33. The molecule has 0 atom stereocenters. The molecule has 0 spiro atoms. The minimum atomic E-state index is -0.343. The summed E-state index contributed by atoms with van der Waals surface area (Å²) in [4.78, 5) is 12.2. The number of para-hydroxylation sites is 1. The molecule has 4 aromatic rings. The molecule has 0 aliphatic carbocycles. The van der Waals surface area contributed by atoms with Crippen LogP contribution in [0.4, 0.5) is 4.39 Å². The lowest BCUT2D eigenvalue weighted by Gasteiger charge is -2.09. The van der Waals surface area contributed by atoms with Crippen LogP contribution in [0.15, 0.2) is 82.6 Å². The average Bonchev–Trinajstić information content (AvgIpc) is 3.42. The van der Waals surface area contributed by atoms with Crippen LogP contribution in [-0.4, -0.2) is 26.3 Å². The van der Waals surface area contributed by atoms with Crippen molar-refractivity contribution in [3.05, 3.63) is 84.4 Å². The first kappa shape index (κ1) is 19.1. The lowest BCUT2D eigenvalue weighted by molar-refractivity contribution is 0.0982. The summed E-state index contributed by atoms with van der Waals surface area (Å²) in [5.74, 6) is 1.64. The normalized spacial score (nSPS) is 10.9. The average molecular weight is 407 g/mol. The monoisotopic (exact) mass is 407 g/mol. The first-order valence-corrected chi connectivity index (χ1v) is 10.2. The minimum absolute atomic E-state index is 0.00593. The van der Waals surface area contributed by atoms with Crippen LogP contribution in [0, 0.1) is 5.82 Å². The van der Waals surface area contributed by atoms with Gasteiger partial charge in [0.2, 0.25) is 5.82 Å². The lowest BCUT2D eigenvalue weighted by Crippen LogP contribution is -2.01. The molecule has 5 nitrogen and oxygen atoms in total. The summed E-state index contributed by atoms with van der Waals surface area (Å²) >= 11 is 1.54. The van der Waals surface area contributed by atoms with Gasteiger partial charge in [0.25, 0.3) is 0 Å². The van der Waals surface area contributed by atoms with E-state index in [2.05, 4.69) is 10.2 Å². The van der Waals surface area contributed by atoms with Crippen molar-refractivity contribution in [1.29, 1.82) is 0 Å². The third kappa shape index (κ3) is 4.46. The van der Waals surface area contributed by atoms with Crippen LogP contribution in [0.1, 0.15) is 23.2 Å². The zero-order valence-corrected chi connectivity index (χ0v) is 16.3. The number of furan rings is 1. The number of hydrogen-bond acceptors (Lipinski definition) is 5. The number of benzene rings is 2. The smallest absolute Gasteiger partial charge is 0.205 e. The number of hydrogen-bond donors (Lipinski definition) is 0. The van der Waals surface area contributed by atoms with E-state index in [1.54, 1.807) is 6.26 Å². The summed E-state index contributed by atoms with van der Waals surface area (Å²) in [5, 5.41) is 9.36. The van der Waals surface area contributed by atoms with Gasteiger partial charge in [-0.25, -0.2) is 4.39 Å². The van der Waals surface area contributed by atoms with Crippen LogP contribution in [-0.2, 0) is 0 Å². The van der Waals surface area contributed by atoms with Gasteiger partial charge in [0.05, 0.1) is 6.26 Å². The Morgan fingerprint density at radius 2 is 1.79 bits per heavy atom. The molecule has 0 fully saturated rings. The Kier molecular flexibility index (Phi) is 5.86. The number of rotatable bonds is 8. The molecule has 0 amide bonds. The second-order valence-corrected chi connectivity index (χ2v) is 7.40. The van der Waals surface area contributed by atoms with Crippen molar-refractivity contribution in [2.45, 2.75) is 18.0 Å². The van der Waals surface area contributed by atoms with Crippen LogP contribution in [0.2, 0.25) is 0 Å². The molecule has 0 N–H and O–H groups in total. The van der Waals surface area contributed by atoms with E-state index in [0.29, 0.717) is 35.7 Å². The second kappa shape index (κ2) is 8.87. The molecular formula is C22H18FN3O2S. The van der Waals surface area contributed by atoms with Crippen LogP contribution in [0.5, 0.6) is 0 Å². The number of carbonyl (C=O) groups is 1. The van der Waals surface area contributed by atoms with Gasteiger partial charge >= 0.3 is 0 Å². The standard InChI is InChI=1S/C22H18FN3O2S/c23-17-12-10-16(11-13-17)19(27)8-5-15-29-22-25-24-21(20-9-4-14-28-20)26(22)18-6-2-1-3-7-18/h1-4,6-7,9-14H,5,8,15H2. The molecule has 0 unspecified atom stereocenters. The van der Waals surface area contributed by atoms with E-state index in [9.17, 15) is 9.18 Å². The minimum Gasteiger partial charge on any atom is -0.461 e. The highest BCUT2D eigenvalue weighted by Crippen LogP contribution is 2.28. The summed E-state index contributed by atoms with van der Waals surface area (Å²) in [6.07, 6.45) is 2.68. The number of nitrogens with zero attached hydrogens (tertiary/aromatic N) is 3. The molecule has 2 aromatic carbocycles. The molecule has 146 valence electrons. The first-order chi connectivity index (χ1) is 14.2. The Morgan fingerprint density at radius 1 is 1.00 bits per heavy atom. The van der Waals surface area contributed by atoms with Crippen molar-refractivity contribution in [3.63, 3.8) is 0 Å². The maximum Gasteiger partial charge on any atom is 0.205 e. The van der Waals surface area contributed by atoms with Crippen molar-refractivity contribution >= 4 is 17.5 Å². The first-order valence-electron chi connectivity index (χ1n) is 9.18. The maximum atomic E-state index is 13.0. The summed E-state index contributed by atoms with van der Waals surface area (Å²) < 4.78 is 20.4. The Morgan fingerprint density at radius 3 is 2.52 bits per heavy atom. The molecular weight excluding hydrogens is 389 g/mol. The number of carbonyl (C=O) groups excluding carboxylic acids is 1. The van der Waals surface area contributed by atoms with Crippen molar-refractivity contribution in [3.8, 4) is 17.3 Å². The van der Waals surface area contributed by atoms with Gasteiger partial charge in [-0.05, 0) is 55.0 Å². The van der Waals surface area contributed by atoms with Gasteiger partial charge in [0.1, 0.15) is 5.82 Å². The van der Waals surface area contributed by atoms with Gasteiger partial charge in [0, 0.05) is 23.4 Å². The fourth-order valence-electron chi connectivity index (χ4n) is 2.91. The van der Waals surface area contributed by atoms with Gasteiger partial charge in [-0.15, -0.1) is 10.2 Å². The Balaban J connectivity index is 1.45. The van der Waals surface area contributed by atoms with E-state index in [1.807, 2.05) is 47.0 Å². The van der Waals surface area contributed by atoms with Gasteiger partial charge < -0.3 is 4.42 Å². The third-order valence-corrected chi connectivity index (χ3v) is 5.35. The summed E-state index contributed by atoms with van der Waals surface area (Å²) in [6.45, 7) is 0. The second-order valence-electron chi connectivity index (χ2n) is 6.34. The van der Waals surface area contributed by atoms with Crippen LogP contribution in [0.3, 0.4) is 0 Å². The molecule has 0 saturated heterocycles. The highest BCUT2D eigenvalue weighted by molar-refractivity contribution is 7.99. The van der Waals surface area contributed by atoms with E-state index < -0.39 is 0 Å². The van der Waals surface area contributed by atoms with Crippen molar-refractivity contribution in [2.24, 2.45) is 0 Å². The van der Waals surface area contributed by atoms with E-state index in [-0.39, 0.29) is 11.6 Å². The van der Waals surface area contributed by atoms with Crippen molar-refractivity contribution < 1.29 is 13.6 Å². The molecule has 0 aliphatic rings. The largest absolute Gasteiger partial charge is 0.461 e. The molecule has 2 heterocycles. The van der Waals surface area contributed by atoms with Crippen molar-refractivity contribution in [2.75, 3.05) is 5.75 Å². The number of halogens is 1. The molecule has 0 saturated carbocycles. The molecule has 0 bridgehead atoms. The van der Waals surface area contributed by atoms with E-state index in [4.69, 9.17) is 4.42 Å². The Bertz CT molecular complexity index is 1080. The fraction of sp³-hybridized carbons (Fsp3) is 0.136. The van der Waals surface area contributed by atoms with Crippen LogP contribution < -0.4 is 0 Å². The van der Waals surface area contributed by atoms with Crippen molar-refractivity contribution in [1.82, 2.24) is 14.8 Å². The zero-order valence-electron chi connectivity index (χ0n) is 15.5. The lowest BCUT2D eigenvalue weighted by atomic mass is 10.1. The highest BCUT2D eigenvalue weighted by atomic mass is 32.2. The molecule has 0 aliphatic heterocycles. The summed E-state index contributed by atoms with van der Waals surface area (Å²) in [5.41, 5.74) is 1.47. The van der Waals surface area contributed by atoms with E-state index in [1.165, 1.54) is 36.0 Å². The van der Waals surface area contributed by atoms with Gasteiger partial charge in [-0.3, -0.25) is 9.36 Å². The van der Waals surface area contributed by atoms with Gasteiger partial charge in [-0.2, -0.15) is 0 Å². The van der Waals surface area contributed by atoms with Gasteiger partial charge in [-0.1, -0.05) is 30.0 Å². The molecule has 29 heavy (non-hydrogen) atoms. The van der Waals surface area contributed by atoms with Crippen LogP contribution in [0.25, 0.3) is 17.3 Å². The predicted molar refractivity (Wildman–Crippen MR) is 110 cm³/mol. The highest BCUT2D eigenvalue weighted by Gasteiger charge is 2.18. The molecule has 4 rings (SSSR count). The molecule has 7 heteroatoms. The number of ketones is 1. The summed E-state index contributed by atoms with van der Waals surface area (Å²) in [7, 11) is 0. The fourth-order valence-corrected chi connectivity index (χ4v) is 3.81. The number of aromatic nitrogens is 3. The van der Waals surface area contributed by atoms with E-state index in [0.717, 1.165) is 10.8 Å². The number of Topliss-reactive ketones (excluding diaryl/α,β-unsaturated/α-hetero) is 1. The van der Waals surface area contributed by atoms with E-state index >= 15 is 0 Å². The van der Waals surface area contributed by atoms with Crippen LogP contribution >= 0.6 is 11.8 Å². The maximum absolute atomic E-state index is 13.0. The summed E-state index contributed by atoms with van der Waals surface area (Å²) in [6, 6.07) is 19.1. The quantitative estimate of drug-likeness (QED) is 0.222. The topological polar surface area (TPSA) is 60.9 Å². The predicted octanol–water partition coefficient (Wildman–Crippen LogP) is 5.42. The Labute approximate surface area is 171 Å². The Hall–Kier alpha value is -3.19. The SMILES string of the molecule is O=C(CCCSc1nnc(-c2ccco2)n1-c1ccccc1)c1ccc(F)cc1. The number of thioether (sulfide) groups is 1. The molecule has 0 radical (unpaired) electrons. The van der Waals surface area contributed by atoms with Gasteiger partial charge in [0.15, 0.2) is 16.7 Å².